The first-order valence-electron chi connectivity index (χ1n) is 3.52. The second-order valence-corrected chi connectivity index (χ2v) is 2.53. The first-order valence-corrected chi connectivity index (χ1v) is 3.52. The molecule has 4 nitrogen and oxygen atoms in total. The maximum atomic E-state index is 12.9. The van der Waals surface area contributed by atoms with Crippen LogP contribution in [0.25, 0.3) is 0 Å². The van der Waals surface area contributed by atoms with Crippen molar-refractivity contribution in [2.75, 3.05) is 0 Å². The van der Waals surface area contributed by atoms with Crippen LogP contribution in [-0.4, -0.2) is 21.3 Å². The van der Waals surface area contributed by atoms with Gasteiger partial charge in [0.1, 0.15) is 11.6 Å². The zero-order valence-corrected chi connectivity index (χ0v) is 6.74. The van der Waals surface area contributed by atoms with E-state index >= 15 is 0 Å². The smallest absolute Gasteiger partial charge is 0.338 e. The molecule has 0 atom stereocenters. The van der Waals surface area contributed by atoms with Gasteiger partial charge in [-0.05, 0) is 12.1 Å². The third kappa shape index (κ3) is 1.86. The van der Waals surface area contributed by atoms with Crippen molar-refractivity contribution in [3.05, 3.63) is 34.9 Å². The molecule has 1 aromatic carbocycles. The number of hydrogen-bond donors (Lipinski definition) is 3. The van der Waals surface area contributed by atoms with Gasteiger partial charge in [-0.25, -0.2) is 13.6 Å². The summed E-state index contributed by atoms with van der Waals surface area (Å²) in [5.74, 6) is -4.03. The lowest BCUT2D eigenvalue weighted by Gasteiger charge is -2.06. The van der Waals surface area contributed by atoms with Gasteiger partial charge in [0.2, 0.25) is 0 Å². The number of halogens is 2. The Morgan fingerprint density at radius 2 is 1.79 bits per heavy atom. The van der Waals surface area contributed by atoms with Crippen molar-refractivity contribution >= 4 is 5.97 Å². The standard InChI is InChI=1S/C8H6F2O4/c9-5-1-3(7(11)12)6(10)2-4(5)8(13)14/h1-2,7,11-12H,(H,13,14). The number of carbonyl (C=O) groups is 1. The zero-order valence-electron chi connectivity index (χ0n) is 6.74. The lowest BCUT2D eigenvalue weighted by molar-refractivity contribution is -0.0452. The van der Waals surface area contributed by atoms with Gasteiger partial charge in [0.25, 0.3) is 0 Å². The van der Waals surface area contributed by atoms with E-state index in [2.05, 4.69) is 0 Å². The van der Waals surface area contributed by atoms with E-state index in [9.17, 15) is 13.6 Å². The van der Waals surface area contributed by atoms with Crippen molar-refractivity contribution in [3.63, 3.8) is 0 Å². The average molecular weight is 204 g/mol. The highest BCUT2D eigenvalue weighted by molar-refractivity contribution is 5.88. The molecular weight excluding hydrogens is 198 g/mol. The predicted molar refractivity (Wildman–Crippen MR) is 40.5 cm³/mol. The Balaban J connectivity index is 3.31. The quantitative estimate of drug-likeness (QED) is 0.618. The third-order valence-corrected chi connectivity index (χ3v) is 1.59. The van der Waals surface area contributed by atoms with E-state index in [1.165, 1.54) is 0 Å². The van der Waals surface area contributed by atoms with E-state index in [-0.39, 0.29) is 0 Å². The molecule has 0 bridgehead atoms. The summed E-state index contributed by atoms with van der Waals surface area (Å²) in [6.45, 7) is 0. The molecule has 0 aliphatic heterocycles. The molecule has 0 amide bonds. The molecule has 14 heavy (non-hydrogen) atoms. The van der Waals surface area contributed by atoms with Crippen LogP contribution in [0.15, 0.2) is 12.1 Å². The highest BCUT2D eigenvalue weighted by Crippen LogP contribution is 2.19. The van der Waals surface area contributed by atoms with Crippen molar-refractivity contribution in [2.24, 2.45) is 0 Å². The van der Waals surface area contributed by atoms with E-state index in [1.54, 1.807) is 0 Å². The number of aliphatic hydroxyl groups excluding tert-OH is 1. The van der Waals surface area contributed by atoms with Gasteiger partial charge >= 0.3 is 5.97 Å². The van der Waals surface area contributed by atoms with Gasteiger partial charge in [-0.15, -0.1) is 0 Å². The van der Waals surface area contributed by atoms with E-state index in [0.29, 0.717) is 12.1 Å². The molecule has 0 aliphatic carbocycles. The van der Waals surface area contributed by atoms with Crippen molar-refractivity contribution in [2.45, 2.75) is 6.29 Å². The van der Waals surface area contributed by atoms with Crippen molar-refractivity contribution < 1.29 is 28.9 Å². The van der Waals surface area contributed by atoms with Crippen molar-refractivity contribution in [1.29, 1.82) is 0 Å². The molecule has 0 radical (unpaired) electrons. The molecular formula is C8H6F2O4. The van der Waals surface area contributed by atoms with Crippen LogP contribution in [0, 0.1) is 11.6 Å². The predicted octanol–water partition coefficient (Wildman–Crippen LogP) is 0.646. The fourth-order valence-electron chi connectivity index (χ4n) is 0.924. The monoisotopic (exact) mass is 204 g/mol. The van der Waals surface area contributed by atoms with Crippen LogP contribution in [0.2, 0.25) is 0 Å². The van der Waals surface area contributed by atoms with E-state index < -0.39 is 35.0 Å². The van der Waals surface area contributed by atoms with Gasteiger partial charge < -0.3 is 15.3 Å². The van der Waals surface area contributed by atoms with Gasteiger partial charge in [0.05, 0.1) is 5.56 Å². The van der Waals surface area contributed by atoms with Crippen molar-refractivity contribution in [3.8, 4) is 0 Å². The van der Waals surface area contributed by atoms with Gasteiger partial charge in [-0.2, -0.15) is 0 Å². The first-order chi connectivity index (χ1) is 6.43. The van der Waals surface area contributed by atoms with E-state index in [4.69, 9.17) is 15.3 Å². The first kappa shape index (κ1) is 10.6. The summed E-state index contributed by atoms with van der Waals surface area (Å²) in [6.07, 6.45) is -2.17. The molecule has 1 aromatic rings. The number of aliphatic hydroxyl groups is 2. The summed E-state index contributed by atoms with van der Waals surface area (Å²) < 4.78 is 25.8. The van der Waals surface area contributed by atoms with Gasteiger partial charge in [-0.3, -0.25) is 0 Å². The fourth-order valence-corrected chi connectivity index (χ4v) is 0.924. The van der Waals surface area contributed by atoms with Crippen LogP contribution in [0.4, 0.5) is 8.78 Å². The summed E-state index contributed by atoms with van der Waals surface area (Å²) in [7, 11) is 0. The van der Waals surface area contributed by atoms with Crippen molar-refractivity contribution in [1.82, 2.24) is 0 Å². The summed E-state index contributed by atoms with van der Waals surface area (Å²) in [5, 5.41) is 25.5. The van der Waals surface area contributed by atoms with Crippen LogP contribution < -0.4 is 0 Å². The highest BCUT2D eigenvalue weighted by Gasteiger charge is 2.17. The average Bonchev–Trinajstić information content (AvgIpc) is 2.07. The number of rotatable bonds is 2. The maximum Gasteiger partial charge on any atom is 0.338 e. The molecule has 0 aromatic heterocycles. The van der Waals surface area contributed by atoms with E-state index in [0.717, 1.165) is 0 Å². The van der Waals surface area contributed by atoms with Crippen LogP contribution in [0.3, 0.4) is 0 Å². The molecule has 0 heterocycles. The minimum atomic E-state index is -2.17. The number of benzene rings is 1. The minimum absolute atomic E-state index is 0.395. The third-order valence-electron chi connectivity index (χ3n) is 1.59. The molecule has 0 saturated carbocycles. The summed E-state index contributed by atoms with van der Waals surface area (Å²) in [6, 6.07) is 0.829. The SMILES string of the molecule is O=C(O)c1cc(F)c(C(O)O)cc1F. The topological polar surface area (TPSA) is 77.8 Å². The number of hydrogen-bond acceptors (Lipinski definition) is 3. The number of carboxylic acids is 1. The van der Waals surface area contributed by atoms with Crippen LogP contribution in [-0.2, 0) is 0 Å². The summed E-state index contributed by atoms with van der Waals surface area (Å²) in [5.41, 5.74) is -1.56. The van der Waals surface area contributed by atoms with Crippen LogP contribution in [0.1, 0.15) is 22.2 Å². The number of aromatic carboxylic acids is 1. The Bertz CT molecular complexity index is 376. The lowest BCUT2D eigenvalue weighted by Crippen LogP contribution is -2.06. The zero-order chi connectivity index (χ0) is 10.9. The highest BCUT2D eigenvalue weighted by atomic mass is 19.1. The Hall–Kier alpha value is -1.53. The number of carboxylic acid groups (broad SMARTS) is 1. The van der Waals surface area contributed by atoms with Crippen LogP contribution >= 0.6 is 0 Å². The Labute approximate surface area is 77.0 Å². The van der Waals surface area contributed by atoms with E-state index in [1.807, 2.05) is 0 Å². The largest absolute Gasteiger partial charge is 0.478 e. The molecule has 1 rings (SSSR count). The summed E-state index contributed by atoms with van der Waals surface area (Å²) in [4.78, 5) is 10.3. The molecule has 3 N–H and O–H groups in total. The molecule has 0 saturated heterocycles. The molecule has 0 fully saturated rings. The molecule has 76 valence electrons. The summed E-state index contributed by atoms with van der Waals surface area (Å²) >= 11 is 0. The molecule has 0 unspecified atom stereocenters. The lowest BCUT2D eigenvalue weighted by atomic mass is 10.1. The molecule has 0 aliphatic rings. The normalized spacial score (nSPS) is 10.6. The fraction of sp³-hybridized carbons (Fsp3) is 0.125. The minimum Gasteiger partial charge on any atom is -0.478 e. The second-order valence-electron chi connectivity index (χ2n) is 2.53. The van der Waals surface area contributed by atoms with Gasteiger partial charge in [-0.1, -0.05) is 0 Å². The second kappa shape index (κ2) is 3.69. The molecule has 0 spiro atoms. The molecule has 6 heteroatoms. The van der Waals surface area contributed by atoms with Gasteiger partial charge in [0.15, 0.2) is 6.29 Å². The maximum absolute atomic E-state index is 12.9. The van der Waals surface area contributed by atoms with Gasteiger partial charge in [0, 0.05) is 5.56 Å². The van der Waals surface area contributed by atoms with Crippen LogP contribution in [0.5, 0.6) is 0 Å². The Morgan fingerprint density at radius 3 is 2.21 bits per heavy atom. The Morgan fingerprint density at radius 1 is 1.21 bits per heavy atom. The Kier molecular flexibility index (Phi) is 2.78.